The minimum atomic E-state index is -0.172. The van der Waals surface area contributed by atoms with Gasteiger partial charge in [-0.15, -0.1) is 0 Å². The van der Waals surface area contributed by atoms with Crippen molar-refractivity contribution in [2.75, 3.05) is 6.61 Å². The number of aromatic nitrogens is 1. The van der Waals surface area contributed by atoms with Gasteiger partial charge in [0.15, 0.2) is 0 Å². The Morgan fingerprint density at radius 2 is 1.95 bits per heavy atom. The summed E-state index contributed by atoms with van der Waals surface area (Å²) in [5.41, 5.74) is 8.31. The average molecular weight is 368 g/mol. The molecule has 0 radical (unpaired) electrons. The van der Waals surface area contributed by atoms with E-state index in [9.17, 15) is 0 Å². The maximum Gasteiger partial charge on any atom is 0.137 e. The van der Waals surface area contributed by atoms with Gasteiger partial charge in [-0.05, 0) is 58.3 Å². The van der Waals surface area contributed by atoms with E-state index in [0.717, 1.165) is 23.3 Å². The largest absolute Gasteiger partial charge is 0.492 e. The second-order valence-corrected chi connectivity index (χ2v) is 5.58. The molecular weight excluding hydrogens is 351 g/mol. The molecule has 3 nitrogen and oxygen atoms in total. The third kappa shape index (κ3) is 3.91. The first-order valence-corrected chi connectivity index (χ1v) is 7.37. The number of nitrogens with two attached hydrogens (primary N) is 1. The molecule has 0 saturated carbocycles. The number of ether oxygens (including phenoxy) is 1. The number of pyridine rings is 1. The fourth-order valence-corrected chi connectivity index (χ4v) is 2.13. The topological polar surface area (TPSA) is 48.1 Å². The minimum absolute atomic E-state index is 0.172. The van der Waals surface area contributed by atoms with Gasteiger partial charge < -0.3 is 10.5 Å². The van der Waals surface area contributed by atoms with Crippen molar-refractivity contribution in [1.29, 1.82) is 0 Å². The number of rotatable bonds is 5. The molecule has 0 amide bonds. The summed E-state index contributed by atoms with van der Waals surface area (Å²) < 4.78 is 6.78. The highest BCUT2D eigenvalue weighted by molar-refractivity contribution is 14.1. The van der Waals surface area contributed by atoms with Crippen LogP contribution in [-0.4, -0.2) is 11.6 Å². The maximum absolute atomic E-state index is 6.27. The van der Waals surface area contributed by atoms with Gasteiger partial charge in [-0.25, -0.2) is 0 Å². The van der Waals surface area contributed by atoms with Gasteiger partial charge in [0.05, 0.1) is 18.8 Å². The van der Waals surface area contributed by atoms with Gasteiger partial charge in [0, 0.05) is 9.77 Å². The highest BCUT2D eigenvalue weighted by atomic mass is 127. The van der Waals surface area contributed by atoms with Crippen molar-refractivity contribution in [3.8, 4) is 5.75 Å². The molecule has 0 spiro atoms. The van der Waals surface area contributed by atoms with Gasteiger partial charge in [0.1, 0.15) is 5.75 Å². The molecule has 0 aliphatic rings. The van der Waals surface area contributed by atoms with Gasteiger partial charge in [-0.1, -0.05) is 19.1 Å². The highest BCUT2D eigenvalue weighted by Gasteiger charge is 2.10. The fourth-order valence-electron chi connectivity index (χ4n) is 1.77. The molecule has 0 saturated heterocycles. The van der Waals surface area contributed by atoms with Crippen LogP contribution < -0.4 is 10.5 Å². The van der Waals surface area contributed by atoms with E-state index in [-0.39, 0.29) is 6.04 Å². The summed E-state index contributed by atoms with van der Waals surface area (Å²) in [5, 5.41) is 0. The molecule has 1 atom stereocenters. The standard InChI is InChI=1S/C15H17IN2O/c1-2-7-19-14-8-12(9-18-10-14)15(17)11-3-5-13(16)6-4-11/h3-6,8-10,15H,2,7,17H2,1H3. The monoisotopic (exact) mass is 368 g/mol. The van der Waals surface area contributed by atoms with Gasteiger partial charge in [-0.3, -0.25) is 4.98 Å². The fraction of sp³-hybridized carbons (Fsp3) is 0.267. The van der Waals surface area contributed by atoms with E-state index in [1.165, 1.54) is 3.57 Å². The van der Waals surface area contributed by atoms with Crippen LogP contribution in [0.25, 0.3) is 0 Å². The van der Waals surface area contributed by atoms with E-state index < -0.39 is 0 Å². The summed E-state index contributed by atoms with van der Waals surface area (Å²) in [6, 6.07) is 10.00. The average Bonchev–Trinajstić information content (AvgIpc) is 2.45. The predicted octanol–water partition coefficient (Wildman–Crippen LogP) is 3.52. The molecule has 0 aliphatic carbocycles. The second-order valence-electron chi connectivity index (χ2n) is 4.33. The molecule has 1 aromatic heterocycles. The zero-order chi connectivity index (χ0) is 13.7. The molecule has 1 aromatic carbocycles. The van der Waals surface area contributed by atoms with Gasteiger partial charge >= 0.3 is 0 Å². The Morgan fingerprint density at radius 1 is 1.21 bits per heavy atom. The molecule has 4 heteroatoms. The van der Waals surface area contributed by atoms with Gasteiger partial charge in [-0.2, -0.15) is 0 Å². The third-order valence-electron chi connectivity index (χ3n) is 2.80. The Labute approximate surface area is 127 Å². The Hall–Kier alpha value is -1.14. The number of halogens is 1. The molecule has 1 heterocycles. The van der Waals surface area contributed by atoms with E-state index in [0.29, 0.717) is 6.61 Å². The van der Waals surface area contributed by atoms with Crippen LogP contribution in [0, 0.1) is 3.57 Å². The zero-order valence-electron chi connectivity index (χ0n) is 10.8. The summed E-state index contributed by atoms with van der Waals surface area (Å²) in [4.78, 5) is 4.20. The summed E-state index contributed by atoms with van der Waals surface area (Å²) in [6.07, 6.45) is 4.49. The van der Waals surface area contributed by atoms with Crippen LogP contribution in [0.3, 0.4) is 0 Å². The Balaban J connectivity index is 2.18. The molecule has 19 heavy (non-hydrogen) atoms. The number of nitrogens with zero attached hydrogens (tertiary/aromatic N) is 1. The van der Waals surface area contributed by atoms with Crippen LogP contribution in [0.5, 0.6) is 5.75 Å². The van der Waals surface area contributed by atoms with Crippen LogP contribution in [0.15, 0.2) is 42.7 Å². The van der Waals surface area contributed by atoms with Crippen LogP contribution in [0.1, 0.15) is 30.5 Å². The first-order chi connectivity index (χ1) is 9.20. The third-order valence-corrected chi connectivity index (χ3v) is 3.51. The lowest BCUT2D eigenvalue weighted by Crippen LogP contribution is -2.12. The maximum atomic E-state index is 6.27. The highest BCUT2D eigenvalue weighted by Crippen LogP contribution is 2.22. The van der Waals surface area contributed by atoms with Crippen molar-refractivity contribution in [3.63, 3.8) is 0 Å². The molecule has 2 N–H and O–H groups in total. The van der Waals surface area contributed by atoms with Crippen molar-refractivity contribution in [2.24, 2.45) is 5.73 Å². The Kier molecular flexibility index (Phi) is 5.15. The van der Waals surface area contributed by atoms with Crippen LogP contribution in [-0.2, 0) is 0 Å². The van der Waals surface area contributed by atoms with Crippen LogP contribution >= 0.6 is 22.6 Å². The van der Waals surface area contributed by atoms with Crippen molar-refractivity contribution in [2.45, 2.75) is 19.4 Å². The zero-order valence-corrected chi connectivity index (χ0v) is 13.0. The van der Waals surface area contributed by atoms with E-state index >= 15 is 0 Å². The molecule has 2 rings (SSSR count). The molecule has 1 unspecified atom stereocenters. The van der Waals surface area contributed by atoms with Crippen molar-refractivity contribution >= 4 is 22.6 Å². The summed E-state index contributed by atoms with van der Waals surface area (Å²) >= 11 is 2.28. The summed E-state index contributed by atoms with van der Waals surface area (Å²) in [6.45, 7) is 2.78. The predicted molar refractivity (Wildman–Crippen MR) is 85.2 cm³/mol. The molecule has 2 aromatic rings. The van der Waals surface area contributed by atoms with E-state index in [1.807, 2.05) is 18.2 Å². The number of benzene rings is 1. The molecule has 0 bridgehead atoms. The van der Waals surface area contributed by atoms with E-state index in [4.69, 9.17) is 10.5 Å². The minimum Gasteiger partial charge on any atom is -0.492 e. The SMILES string of the molecule is CCCOc1cncc(C(N)c2ccc(I)cc2)c1. The van der Waals surface area contributed by atoms with Gasteiger partial charge in [0.25, 0.3) is 0 Å². The molecule has 0 fully saturated rings. The van der Waals surface area contributed by atoms with Crippen molar-refractivity contribution < 1.29 is 4.74 Å². The van der Waals surface area contributed by atoms with Gasteiger partial charge in [0.2, 0.25) is 0 Å². The first kappa shape index (κ1) is 14.3. The first-order valence-electron chi connectivity index (χ1n) is 6.29. The summed E-state index contributed by atoms with van der Waals surface area (Å²) in [5.74, 6) is 0.778. The second kappa shape index (κ2) is 6.86. The molecule has 100 valence electrons. The number of hydrogen-bond donors (Lipinski definition) is 1. The Morgan fingerprint density at radius 3 is 2.63 bits per heavy atom. The van der Waals surface area contributed by atoms with Crippen LogP contribution in [0.4, 0.5) is 0 Å². The van der Waals surface area contributed by atoms with E-state index in [1.54, 1.807) is 12.4 Å². The normalized spacial score (nSPS) is 12.2. The Bertz CT molecular complexity index is 528. The molecular formula is C15H17IN2O. The number of hydrogen-bond acceptors (Lipinski definition) is 3. The molecule has 0 aliphatic heterocycles. The van der Waals surface area contributed by atoms with Crippen molar-refractivity contribution in [3.05, 3.63) is 57.4 Å². The van der Waals surface area contributed by atoms with E-state index in [2.05, 4.69) is 46.6 Å². The van der Waals surface area contributed by atoms with Crippen molar-refractivity contribution in [1.82, 2.24) is 4.98 Å². The lowest BCUT2D eigenvalue weighted by atomic mass is 10.0. The smallest absolute Gasteiger partial charge is 0.137 e. The lowest BCUT2D eigenvalue weighted by Gasteiger charge is -2.13. The quantitative estimate of drug-likeness (QED) is 0.822. The lowest BCUT2D eigenvalue weighted by molar-refractivity contribution is 0.315. The summed E-state index contributed by atoms with van der Waals surface area (Å²) in [7, 11) is 0. The van der Waals surface area contributed by atoms with Crippen LogP contribution in [0.2, 0.25) is 0 Å².